The van der Waals surface area contributed by atoms with Gasteiger partial charge in [0.1, 0.15) is 6.04 Å². The van der Waals surface area contributed by atoms with Crippen LogP contribution >= 0.6 is 11.6 Å². The second-order valence-corrected chi connectivity index (χ2v) is 9.30. The van der Waals surface area contributed by atoms with Gasteiger partial charge in [0, 0.05) is 31.5 Å². The fraction of sp³-hybridized carbons (Fsp3) is 0.310. The Hall–Kier alpha value is -3.11. The molecule has 2 amide bonds. The van der Waals surface area contributed by atoms with E-state index in [0.717, 1.165) is 16.7 Å². The van der Waals surface area contributed by atoms with E-state index >= 15 is 0 Å². The van der Waals surface area contributed by atoms with E-state index in [-0.39, 0.29) is 11.8 Å². The van der Waals surface area contributed by atoms with Gasteiger partial charge in [-0.15, -0.1) is 0 Å². The number of carbonyl (C=O) groups is 2. The number of benzene rings is 3. The van der Waals surface area contributed by atoms with Gasteiger partial charge in [0.2, 0.25) is 11.8 Å². The molecule has 5 heteroatoms. The summed E-state index contributed by atoms with van der Waals surface area (Å²) >= 11 is 6.06. The van der Waals surface area contributed by atoms with E-state index in [1.54, 1.807) is 11.9 Å². The van der Waals surface area contributed by atoms with Gasteiger partial charge in [0.25, 0.3) is 0 Å². The van der Waals surface area contributed by atoms with Crippen molar-refractivity contribution in [1.82, 2.24) is 10.2 Å². The van der Waals surface area contributed by atoms with Gasteiger partial charge in [-0.25, -0.2) is 0 Å². The Morgan fingerprint density at radius 3 is 2.06 bits per heavy atom. The molecule has 0 heterocycles. The van der Waals surface area contributed by atoms with Gasteiger partial charge in [-0.1, -0.05) is 92.2 Å². The van der Waals surface area contributed by atoms with Gasteiger partial charge in [-0.05, 0) is 46.7 Å². The summed E-state index contributed by atoms with van der Waals surface area (Å²) in [5.74, 6) is 0.247. The Bertz CT molecular complexity index is 1060. The normalized spacial score (nSPS) is 11.8. The van der Waals surface area contributed by atoms with Crippen LogP contribution in [0.15, 0.2) is 78.9 Å². The van der Waals surface area contributed by atoms with Crippen molar-refractivity contribution >= 4 is 23.4 Å². The minimum absolute atomic E-state index is 0.0487. The molecule has 3 aromatic carbocycles. The van der Waals surface area contributed by atoms with Crippen molar-refractivity contribution < 1.29 is 9.59 Å². The summed E-state index contributed by atoms with van der Waals surface area (Å²) in [4.78, 5) is 28.2. The van der Waals surface area contributed by atoms with Crippen LogP contribution in [0.3, 0.4) is 0 Å². The predicted molar refractivity (Wildman–Crippen MR) is 139 cm³/mol. The van der Waals surface area contributed by atoms with Crippen LogP contribution in [0.25, 0.3) is 0 Å². The molecule has 0 unspecified atom stereocenters. The van der Waals surface area contributed by atoms with Crippen molar-refractivity contribution in [2.45, 2.75) is 51.6 Å². The first-order chi connectivity index (χ1) is 16.4. The number of aryl methyl sites for hydroxylation is 1. The molecular formula is C29H33ClN2O2. The standard InChI is InChI=1S/C29H33ClN2O2/c1-21(2)25-14-9-22(10-15-25)13-18-28(33)32(20-24-11-16-26(30)17-12-24)27(29(34)31-3)19-23-7-5-4-6-8-23/h4-12,14-17,21,27H,13,18-20H2,1-3H3,(H,31,34)/t27-/m0/s1. The monoisotopic (exact) mass is 476 g/mol. The molecule has 0 aromatic heterocycles. The van der Waals surface area contributed by atoms with E-state index in [1.165, 1.54) is 5.56 Å². The lowest BCUT2D eigenvalue weighted by atomic mass is 9.99. The van der Waals surface area contributed by atoms with Crippen LogP contribution < -0.4 is 5.32 Å². The molecule has 1 N–H and O–H groups in total. The molecule has 4 nitrogen and oxygen atoms in total. The van der Waals surface area contributed by atoms with Crippen molar-refractivity contribution in [3.05, 3.63) is 106 Å². The number of likely N-dealkylation sites (N-methyl/N-ethyl adjacent to an activating group) is 1. The SMILES string of the molecule is CNC(=O)[C@H](Cc1ccccc1)N(Cc1ccc(Cl)cc1)C(=O)CCc1ccc(C(C)C)cc1. The summed E-state index contributed by atoms with van der Waals surface area (Å²) in [5, 5.41) is 3.39. The highest BCUT2D eigenvalue weighted by atomic mass is 35.5. The Kier molecular flexibility index (Phi) is 9.29. The Labute approximate surface area is 207 Å². The molecule has 0 spiro atoms. The first kappa shape index (κ1) is 25.5. The highest BCUT2D eigenvalue weighted by Crippen LogP contribution is 2.19. The lowest BCUT2D eigenvalue weighted by Crippen LogP contribution is -2.49. The second-order valence-electron chi connectivity index (χ2n) is 8.86. The Balaban J connectivity index is 1.83. The van der Waals surface area contributed by atoms with E-state index in [9.17, 15) is 9.59 Å². The zero-order valence-electron chi connectivity index (χ0n) is 20.1. The number of halogens is 1. The largest absolute Gasteiger partial charge is 0.357 e. The van der Waals surface area contributed by atoms with E-state index in [4.69, 9.17) is 11.6 Å². The average Bonchev–Trinajstić information content (AvgIpc) is 2.86. The van der Waals surface area contributed by atoms with E-state index in [1.807, 2.05) is 54.6 Å². The highest BCUT2D eigenvalue weighted by molar-refractivity contribution is 6.30. The van der Waals surface area contributed by atoms with Crippen LogP contribution in [0.4, 0.5) is 0 Å². The summed E-state index contributed by atoms with van der Waals surface area (Å²) in [6, 6.07) is 25.0. The average molecular weight is 477 g/mol. The maximum Gasteiger partial charge on any atom is 0.242 e. The van der Waals surface area contributed by atoms with Gasteiger partial charge in [0.05, 0.1) is 0 Å². The molecule has 0 aliphatic rings. The van der Waals surface area contributed by atoms with Crippen LogP contribution in [-0.2, 0) is 29.0 Å². The molecule has 34 heavy (non-hydrogen) atoms. The highest BCUT2D eigenvalue weighted by Gasteiger charge is 2.29. The zero-order chi connectivity index (χ0) is 24.5. The molecule has 3 aromatic rings. The smallest absolute Gasteiger partial charge is 0.242 e. The first-order valence-electron chi connectivity index (χ1n) is 11.8. The minimum atomic E-state index is -0.612. The van der Waals surface area contributed by atoms with Gasteiger partial charge in [-0.3, -0.25) is 9.59 Å². The van der Waals surface area contributed by atoms with Crippen molar-refractivity contribution in [3.8, 4) is 0 Å². The van der Waals surface area contributed by atoms with Crippen molar-refractivity contribution in [2.24, 2.45) is 0 Å². The molecule has 0 saturated heterocycles. The molecule has 178 valence electrons. The van der Waals surface area contributed by atoms with Gasteiger partial charge in [-0.2, -0.15) is 0 Å². The second kappa shape index (κ2) is 12.4. The van der Waals surface area contributed by atoms with Gasteiger partial charge in [0.15, 0.2) is 0 Å². The molecule has 0 bridgehead atoms. The minimum Gasteiger partial charge on any atom is -0.357 e. The summed E-state index contributed by atoms with van der Waals surface area (Å²) in [6.07, 6.45) is 1.40. The molecule has 0 saturated carbocycles. The maximum absolute atomic E-state index is 13.5. The lowest BCUT2D eigenvalue weighted by molar-refractivity contribution is -0.141. The fourth-order valence-corrected chi connectivity index (χ4v) is 4.10. The van der Waals surface area contributed by atoms with Crippen molar-refractivity contribution in [2.75, 3.05) is 7.05 Å². The third-order valence-corrected chi connectivity index (χ3v) is 6.31. The van der Waals surface area contributed by atoms with Crippen LogP contribution in [-0.4, -0.2) is 29.8 Å². The van der Waals surface area contributed by atoms with E-state index in [0.29, 0.717) is 36.7 Å². The van der Waals surface area contributed by atoms with E-state index < -0.39 is 6.04 Å². The quantitative estimate of drug-likeness (QED) is 0.403. The maximum atomic E-state index is 13.5. The Morgan fingerprint density at radius 2 is 1.47 bits per heavy atom. The summed E-state index contributed by atoms with van der Waals surface area (Å²) in [7, 11) is 1.61. The number of nitrogens with zero attached hydrogens (tertiary/aromatic N) is 1. The molecule has 3 rings (SSSR count). The number of amides is 2. The fourth-order valence-electron chi connectivity index (χ4n) is 3.97. The summed E-state index contributed by atoms with van der Waals surface area (Å²) < 4.78 is 0. The molecule has 1 atom stereocenters. The van der Waals surface area contributed by atoms with E-state index in [2.05, 4.69) is 43.4 Å². The number of nitrogens with one attached hydrogen (secondary N) is 1. The molecule has 0 aliphatic heterocycles. The molecule has 0 radical (unpaired) electrons. The van der Waals surface area contributed by atoms with Crippen LogP contribution in [0.2, 0.25) is 5.02 Å². The first-order valence-corrected chi connectivity index (χ1v) is 12.1. The van der Waals surface area contributed by atoms with Crippen LogP contribution in [0.5, 0.6) is 0 Å². The zero-order valence-corrected chi connectivity index (χ0v) is 20.9. The Morgan fingerprint density at radius 1 is 0.853 bits per heavy atom. The molecular weight excluding hydrogens is 444 g/mol. The topological polar surface area (TPSA) is 49.4 Å². The predicted octanol–water partition coefficient (Wildman–Crippen LogP) is 5.78. The summed E-state index contributed by atoms with van der Waals surface area (Å²) in [6.45, 7) is 4.67. The van der Waals surface area contributed by atoms with Crippen LogP contribution in [0, 0.1) is 0 Å². The number of hydrogen-bond acceptors (Lipinski definition) is 2. The number of carbonyl (C=O) groups excluding carboxylic acids is 2. The third-order valence-electron chi connectivity index (χ3n) is 6.06. The van der Waals surface area contributed by atoms with Gasteiger partial charge < -0.3 is 10.2 Å². The third kappa shape index (κ3) is 7.19. The van der Waals surface area contributed by atoms with Gasteiger partial charge >= 0.3 is 0 Å². The number of hydrogen-bond donors (Lipinski definition) is 1. The lowest BCUT2D eigenvalue weighted by Gasteiger charge is -2.31. The molecule has 0 aliphatic carbocycles. The van der Waals surface area contributed by atoms with Crippen molar-refractivity contribution in [3.63, 3.8) is 0 Å². The summed E-state index contributed by atoms with van der Waals surface area (Å²) in [5.41, 5.74) is 4.33. The van der Waals surface area contributed by atoms with Crippen LogP contribution in [0.1, 0.15) is 48.4 Å². The number of rotatable bonds is 10. The molecule has 0 fully saturated rings. The van der Waals surface area contributed by atoms with Crippen molar-refractivity contribution in [1.29, 1.82) is 0 Å².